The van der Waals surface area contributed by atoms with Gasteiger partial charge in [-0.3, -0.25) is 0 Å². The molecule has 1 aliphatic rings. The monoisotopic (exact) mass is 239 g/mol. The molecule has 3 rings (SSSR count). The van der Waals surface area contributed by atoms with Crippen LogP contribution in [0, 0.1) is 13.8 Å². The van der Waals surface area contributed by atoms with Gasteiger partial charge in [-0.25, -0.2) is 0 Å². The molecule has 1 heterocycles. The second-order valence-corrected chi connectivity index (χ2v) is 4.82. The first-order valence-corrected chi connectivity index (χ1v) is 6.27. The van der Waals surface area contributed by atoms with Gasteiger partial charge in [-0.1, -0.05) is 36.4 Å². The third-order valence-corrected chi connectivity index (χ3v) is 3.48. The van der Waals surface area contributed by atoms with Gasteiger partial charge < -0.3 is 9.64 Å². The maximum Gasteiger partial charge on any atom is 0.161 e. The molecule has 0 atom stereocenters. The Hall–Kier alpha value is -1.96. The van der Waals surface area contributed by atoms with E-state index in [-0.39, 0.29) is 0 Å². The highest BCUT2D eigenvalue weighted by atomic mass is 16.5. The summed E-state index contributed by atoms with van der Waals surface area (Å²) in [5, 5.41) is 0. The van der Waals surface area contributed by atoms with Crippen LogP contribution in [0.1, 0.15) is 16.7 Å². The molecule has 0 aromatic heterocycles. The Bertz CT molecular complexity index is 577. The molecule has 2 heteroatoms. The van der Waals surface area contributed by atoms with Gasteiger partial charge in [0.15, 0.2) is 6.73 Å². The van der Waals surface area contributed by atoms with E-state index in [2.05, 4.69) is 61.2 Å². The Balaban J connectivity index is 1.94. The van der Waals surface area contributed by atoms with Gasteiger partial charge >= 0.3 is 0 Å². The van der Waals surface area contributed by atoms with Gasteiger partial charge in [0.1, 0.15) is 5.75 Å². The van der Waals surface area contributed by atoms with E-state index in [0.29, 0.717) is 6.73 Å². The maximum absolute atomic E-state index is 5.90. The van der Waals surface area contributed by atoms with E-state index in [0.717, 1.165) is 12.3 Å². The van der Waals surface area contributed by atoms with E-state index in [1.165, 1.54) is 22.4 Å². The highest BCUT2D eigenvalue weighted by Crippen LogP contribution is 2.31. The molecule has 0 radical (unpaired) electrons. The molecule has 0 aliphatic carbocycles. The SMILES string of the molecule is Cc1ccccc1N1COc2c(C)cccc2C1. The number of hydrogen-bond donors (Lipinski definition) is 0. The zero-order valence-corrected chi connectivity index (χ0v) is 10.8. The molecular formula is C16H17NO. The van der Waals surface area contributed by atoms with Crippen LogP contribution in [0.2, 0.25) is 0 Å². The number of para-hydroxylation sites is 2. The molecule has 2 aromatic carbocycles. The highest BCUT2D eigenvalue weighted by molar-refractivity contribution is 5.55. The molecule has 0 fully saturated rings. The van der Waals surface area contributed by atoms with Crippen LogP contribution in [-0.4, -0.2) is 6.73 Å². The lowest BCUT2D eigenvalue weighted by molar-refractivity contribution is 0.287. The van der Waals surface area contributed by atoms with Gasteiger partial charge in [-0.15, -0.1) is 0 Å². The Morgan fingerprint density at radius 2 is 1.72 bits per heavy atom. The van der Waals surface area contributed by atoms with Crippen LogP contribution in [0.4, 0.5) is 5.69 Å². The molecule has 92 valence electrons. The van der Waals surface area contributed by atoms with Crippen molar-refractivity contribution < 1.29 is 4.74 Å². The number of anilines is 1. The summed E-state index contributed by atoms with van der Waals surface area (Å²) in [7, 11) is 0. The van der Waals surface area contributed by atoms with Crippen LogP contribution in [0.5, 0.6) is 5.75 Å². The van der Waals surface area contributed by atoms with E-state index in [1.54, 1.807) is 0 Å². The molecule has 0 bridgehead atoms. The van der Waals surface area contributed by atoms with E-state index < -0.39 is 0 Å². The summed E-state index contributed by atoms with van der Waals surface area (Å²) in [5.41, 5.74) is 5.03. The van der Waals surface area contributed by atoms with Crippen molar-refractivity contribution in [2.24, 2.45) is 0 Å². The molecule has 0 saturated heterocycles. The fourth-order valence-corrected chi connectivity index (χ4v) is 2.51. The molecular weight excluding hydrogens is 222 g/mol. The smallest absolute Gasteiger partial charge is 0.161 e. The number of hydrogen-bond acceptors (Lipinski definition) is 2. The first-order chi connectivity index (χ1) is 8.75. The summed E-state index contributed by atoms with van der Waals surface area (Å²) in [6.07, 6.45) is 0. The van der Waals surface area contributed by atoms with Gasteiger partial charge in [0, 0.05) is 17.8 Å². The quantitative estimate of drug-likeness (QED) is 0.753. The summed E-state index contributed by atoms with van der Waals surface area (Å²) < 4.78 is 5.90. The number of rotatable bonds is 1. The second-order valence-electron chi connectivity index (χ2n) is 4.82. The van der Waals surface area contributed by atoms with Crippen LogP contribution in [0.25, 0.3) is 0 Å². The first kappa shape index (κ1) is 11.1. The second kappa shape index (κ2) is 4.37. The Morgan fingerprint density at radius 3 is 2.56 bits per heavy atom. The van der Waals surface area contributed by atoms with Gasteiger partial charge in [0.05, 0.1) is 0 Å². The van der Waals surface area contributed by atoms with Crippen molar-refractivity contribution in [2.45, 2.75) is 20.4 Å². The lowest BCUT2D eigenvalue weighted by Crippen LogP contribution is -2.32. The minimum atomic E-state index is 0.628. The van der Waals surface area contributed by atoms with Crippen LogP contribution in [-0.2, 0) is 6.54 Å². The lowest BCUT2D eigenvalue weighted by Gasteiger charge is -2.32. The fraction of sp³-hybridized carbons (Fsp3) is 0.250. The molecule has 0 amide bonds. The highest BCUT2D eigenvalue weighted by Gasteiger charge is 2.19. The minimum Gasteiger partial charge on any atom is -0.472 e. The molecule has 0 unspecified atom stereocenters. The van der Waals surface area contributed by atoms with Gasteiger partial charge in [0.25, 0.3) is 0 Å². The topological polar surface area (TPSA) is 12.5 Å². The van der Waals surface area contributed by atoms with E-state index in [9.17, 15) is 0 Å². The summed E-state index contributed by atoms with van der Waals surface area (Å²) in [6.45, 7) is 5.79. The van der Waals surface area contributed by atoms with Crippen molar-refractivity contribution in [2.75, 3.05) is 11.6 Å². The maximum atomic E-state index is 5.90. The minimum absolute atomic E-state index is 0.628. The van der Waals surface area contributed by atoms with Crippen LogP contribution in [0.3, 0.4) is 0 Å². The standard InChI is InChI=1S/C16H17NO/c1-12-6-3-4-9-15(12)17-10-14-8-5-7-13(2)16(14)18-11-17/h3-9H,10-11H2,1-2H3. The molecule has 2 nitrogen and oxygen atoms in total. The van der Waals surface area contributed by atoms with Crippen LogP contribution < -0.4 is 9.64 Å². The van der Waals surface area contributed by atoms with E-state index in [4.69, 9.17) is 4.74 Å². The Labute approximate surface area is 108 Å². The van der Waals surface area contributed by atoms with Gasteiger partial charge in [-0.2, -0.15) is 0 Å². The molecule has 2 aromatic rings. The number of aryl methyl sites for hydroxylation is 2. The third-order valence-electron chi connectivity index (χ3n) is 3.48. The number of benzene rings is 2. The Morgan fingerprint density at radius 1 is 0.944 bits per heavy atom. The van der Waals surface area contributed by atoms with Gasteiger partial charge in [-0.05, 0) is 31.0 Å². The summed E-state index contributed by atoms with van der Waals surface area (Å²) in [5.74, 6) is 1.06. The first-order valence-electron chi connectivity index (χ1n) is 6.27. The molecule has 18 heavy (non-hydrogen) atoms. The zero-order valence-electron chi connectivity index (χ0n) is 10.8. The number of nitrogens with zero attached hydrogens (tertiary/aromatic N) is 1. The predicted octanol–water partition coefficient (Wildman–Crippen LogP) is 3.66. The number of fused-ring (bicyclic) bond motifs is 1. The lowest BCUT2D eigenvalue weighted by atomic mass is 10.1. The van der Waals surface area contributed by atoms with Gasteiger partial charge in [0.2, 0.25) is 0 Å². The summed E-state index contributed by atoms with van der Waals surface area (Å²) in [6, 6.07) is 14.8. The molecule has 0 spiro atoms. The van der Waals surface area contributed by atoms with Crippen molar-refractivity contribution in [1.29, 1.82) is 0 Å². The third kappa shape index (κ3) is 1.84. The van der Waals surface area contributed by atoms with Crippen molar-refractivity contribution >= 4 is 5.69 Å². The fourth-order valence-electron chi connectivity index (χ4n) is 2.51. The largest absolute Gasteiger partial charge is 0.472 e. The van der Waals surface area contributed by atoms with Crippen molar-refractivity contribution in [3.63, 3.8) is 0 Å². The summed E-state index contributed by atoms with van der Waals surface area (Å²) >= 11 is 0. The molecule has 1 aliphatic heterocycles. The molecule has 0 saturated carbocycles. The predicted molar refractivity (Wildman–Crippen MR) is 74.0 cm³/mol. The molecule has 0 N–H and O–H groups in total. The van der Waals surface area contributed by atoms with Crippen molar-refractivity contribution in [3.8, 4) is 5.75 Å². The normalized spacial score (nSPS) is 14.0. The average Bonchev–Trinajstić information content (AvgIpc) is 2.39. The zero-order chi connectivity index (χ0) is 12.5. The van der Waals surface area contributed by atoms with E-state index in [1.807, 2.05) is 0 Å². The van der Waals surface area contributed by atoms with Crippen LogP contribution in [0.15, 0.2) is 42.5 Å². The van der Waals surface area contributed by atoms with Crippen molar-refractivity contribution in [1.82, 2.24) is 0 Å². The number of ether oxygens (including phenoxy) is 1. The average molecular weight is 239 g/mol. The van der Waals surface area contributed by atoms with Crippen LogP contribution >= 0.6 is 0 Å². The Kier molecular flexibility index (Phi) is 2.71. The van der Waals surface area contributed by atoms with Crippen molar-refractivity contribution in [3.05, 3.63) is 59.2 Å². The summed E-state index contributed by atoms with van der Waals surface area (Å²) in [4.78, 5) is 2.27. The van der Waals surface area contributed by atoms with E-state index >= 15 is 0 Å².